The highest BCUT2D eigenvalue weighted by molar-refractivity contribution is 7.09. The fraction of sp³-hybridized carbons (Fsp3) is 0.143. The summed E-state index contributed by atoms with van der Waals surface area (Å²) in [6, 6.07) is -1.60. The molecule has 0 aromatic carbocycles. The predicted octanol–water partition coefficient (Wildman–Crippen LogP) is 1.99. The van der Waals surface area contributed by atoms with Crippen molar-refractivity contribution in [3.05, 3.63) is 31.9 Å². The molecule has 4 N–H and O–H groups in total. The normalized spacial score (nSPS) is 10.3. The van der Waals surface area contributed by atoms with Gasteiger partial charge in [0.05, 0.1) is 22.8 Å². The van der Waals surface area contributed by atoms with Gasteiger partial charge in [-0.05, 0) is 36.9 Å². The van der Waals surface area contributed by atoms with Crippen molar-refractivity contribution in [2.45, 2.75) is 13.8 Å². The zero-order valence-electron chi connectivity index (χ0n) is 14.8. The topological polar surface area (TPSA) is 168 Å². The Balaban J connectivity index is 1.57. The number of urea groups is 2. The van der Waals surface area contributed by atoms with E-state index in [0.717, 1.165) is 23.1 Å². The van der Waals surface area contributed by atoms with Crippen molar-refractivity contribution in [3.8, 4) is 0 Å². The standard InChI is InChI=1S/C14H12N8O4S3/c1-5-9(28-21-19-5)11(23)17-13(25)15-7-3-27-4-8(7)16-14(26)18-12(24)10-6(2)20-22-29-10/h3-4H,1-2H3,(H2,15,17,23,25)(H2,16,18,24,26). The first-order valence-electron chi connectivity index (χ1n) is 7.74. The molecule has 0 spiro atoms. The number of imide groups is 2. The maximum atomic E-state index is 12.1. The van der Waals surface area contributed by atoms with Gasteiger partial charge in [0, 0.05) is 10.8 Å². The maximum Gasteiger partial charge on any atom is 0.326 e. The van der Waals surface area contributed by atoms with E-state index in [0.29, 0.717) is 11.4 Å². The minimum atomic E-state index is -0.799. The van der Waals surface area contributed by atoms with Crippen LogP contribution in [0.3, 0.4) is 0 Å². The minimum Gasteiger partial charge on any atom is -0.305 e. The van der Waals surface area contributed by atoms with Crippen LogP contribution in [0.1, 0.15) is 30.7 Å². The first-order chi connectivity index (χ1) is 13.8. The van der Waals surface area contributed by atoms with Crippen LogP contribution in [-0.2, 0) is 0 Å². The van der Waals surface area contributed by atoms with Crippen molar-refractivity contribution in [2.24, 2.45) is 0 Å². The van der Waals surface area contributed by atoms with Crippen LogP contribution in [0.4, 0.5) is 21.0 Å². The summed E-state index contributed by atoms with van der Waals surface area (Å²) in [6.45, 7) is 3.20. The van der Waals surface area contributed by atoms with Crippen molar-refractivity contribution >= 4 is 69.7 Å². The first-order valence-corrected chi connectivity index (χ1v) is 10.2. The largest absolute Gasteiger partial charge is 0.326 e. The lowest BCUT2D eigenvalue weighted by Gasteiger charge is -2.09. The molecule has 150 valence electrons. The van der Waals surface area contributed by atoms with Crippen LogP contribution < -0.4 is 21.3 Å². The summed E-state index contributed by atoms with van der Waals surface area (Å²) in [6.07, 6.45) is 0. The van der Waals surface area contributed by atoms with Gasteiger partial charge in [0.1, 0.15) is 9.75 Å². The number of rotatable bonds is 4. The van der Waals surface area contributed by atoms with Gasteiger partial charge in [-0.3, -0.25) is 20.2 Å². The highest BCUT2D eigenvalue weighted by atomic mass is 32.1. The summed E-state index contributed by atoms with van der Waals surface area (Å²) < 4.78 is 7.26. The molecule has 0 fully saturated rings. The van der Waals surface area contributed by atoms with Gasteiger partial charge >= 0.3 is 12.1 Å². The molecule has 0 saturated carbocycles. The van der Waals surface area contributed by atoms with Gasteiger partial charge in [0.15, 0.2) is 0 Å². The Morgan fingerprint density at radius 1 is 0.759 bits per heavy atom. The molecule has 3 aromatic rings. The van der Waals surface area contributed by atoms with Crippen molar-refractivity contribution in [3.63, 3.8) is 0 Å². The number of thiophene rings is 1. The van der Waals surface area contributed by atoms with Crippen LogP contribution in [-0.4, -0.2) is 43.1 Å². The lowest BCUT2D eigenvalue weighted by Crippen LogP contribution is -2.35. The van der Waals surface area contributed by atoms with Crippen LogP contribution in [0.25, 0.3) is 0 Å². The molecular weight excluding hydrogens is 440 g/mol. The van der Waals surface area contributed by atoms with E-state index in [1.54, 1.807) is 24.6 Å². The van der Waals surface area contributed by atoms with E-state index in [9.17, 15) is 19.2 Å². The van der Waals surface area contributed by atoms with Crippen LogP contribution in [0.2, 0.25) is 0 Å². The molecular formula is C14H12N8O4S3. The van der Waals surface area contributed by atoms with Crippen LogP contribution in [0.5, 0.6) is 0 Å². The molecule has 3 rings (SSSR count). The Labute approximate surface area is 175 Å². The first kappa shape index (κ1) is 20.4. The van der Waals surface area contributed by atoms with E-state index >= 15 is 0 Å². The number of aryl methyl sites for hydroxylation is 2. The molecule has 0 aliphatic carbocycles. The number of aromatic nitrogens is 4. The number of carbonyl (C=O) groups is 4. The van der Waals surface area contributed by atoms with Gasteiger partial charge in [0.2, 0.25) is 0 Å². The molecule has 0 aliphatic heterocycles. The van der Waals surface area contributed by atoms with E-state index in [4.69, 9.17) is 0 Å². The molecule has 0 aliphatic rings. The van der Waals surface area contributed by atoms with Crippen molar-refractivity contribution in [1.29, 1.82) is 0 Å². The van der Waals surface area contributed by atoms with Crippen LogP contribution in [0.15, 0.2) is 10.8 Å². The number of amides is 6. The summed E-state index contributed by atoms with van der Waals surface area (Å²) in [7, 11) is 0. The molecule has 3 aromatic heterocycles. The van der Waals surface area contributed by atoms with E-state index in [1.165, 1.54) is 11.3 Å². The number of nitrogens with zero attached hydrogens (tertiary/aromatic N) is 4. The summed E-state index contributed by atoms with van der Waals surface area (Å²) >= 11 is 2.93. The van der Waals surface area contributed by atoms with Gasteiger partial charge in [-0.2, -0.15) is 0 Å². The highest BCUT2D eigenvalue weighted by Gasteiger charge is 2.19. The Morgan fingerprint density at radius 3 is 1.52 bits per heavy atom. The molecule has 0 unspecified atom stereocenters. The molecule has 15 heteroatoms. The zero-order valence-corrected chi connectivity index (χ0v) is 17.3. The average molecular weight is 453 g/mol. The molecule has 12 nitrogen and oxygen atoms in total. The van der Waals surface area contributed by atoms with Crippen molar-refractivity contribution in [2.75, 3.05) is 10.6 Å². The number of hydrogen-bond acceptors (Lipinski definition) is 11. The lowest BCUT2D eigenvalue weighted by molar-refractivity contribution is 0.0960. The molecule has 0 saturated heterocycles. The molecule has 29 heavy (non-hydrogen) atoms. The SMILES string of the molecule is Cc1nnsc1C(=O)NC(=O)Nc1cscc1NC(=O)NC(=O)c1snnc1C. The maximum absolute atomic E-state index is 12.1. The highest BCUT2D eigenvalue weighted by Crippen LogP contribution is 2.26. The lowest BCUT2D eigenvalue weighted by atomic mass is 10.4. The summed E-state index contributed by atoms with van der Waals surface area (Å²) in [5.74, 6) is -1.28. The van der Waals surface area contributed by atoms with Gasteiger partial charge in [-0.25, -0.2) is 9.59 Å². The summed E-state index contributed by atoms with van der Waals surface area (Å²) in [4.78, 5) is 48.6. The Hall–Kier alpha value is -3.30. The number of nitrogens with one attached hydrogen (secondary N) is 4. The monoisotopic (exact) mass is 452 g/mol. The molecule has 6 amide bonds. The molecule has 0 bridgehead atoms. The summed E-state index contributed by atoms with van der Waals surface area (Å²) in [5, 5.41) is 19.7. The van der Waals surface area contributed by atoms with E-state index in [1.807, 2.05) is 0 Å². The van der Waals surface area contributed by atoms with Crippen LogP contribution in [0, 0.1) is 13.8 Å². The third-order valence-corrected chi connectivity index (χ3v) is 5.72. The van der Waals surface area contributed by atoms with E-state index in [2.05, 4.69) is 40.4 Å². The van der Waals surface area contributed by atoms with Gasteiger partial charge in [-0.15, -0.1) is 21.5 Å². The van der Waals surface area contributed by atoms with E-state index < -0.39 is 23.9 Å². The predicted molar refractivity (Wildman–Crippen MR) is 107 cm³/mol. The van der Waals surface area contributed by atoms with Gasteiger partial charge < -0.3 is 10.6 Å². The van der Waals surface area contributed by atoms with Crippen molar-refractivity contribution in [1.82, 2.24) is 29.8 Å². The van der Waals surface area contributed by atoms with Gasteiger partial charge in [-0.1, -0.05) is 8.98 Å². The molecule has 0 radical (unpaired) electrons. The second-order valence-corrected chi connectivity index (χ2v) is 7.64. The Morgan fingerprint density at radius 2 is 1.17 bits per heavy atom. The molecule has 3 heterocycles. The van der Waals surface area contributed by atoms with Crippen molar-refractivity contribution < 1.29 is 19.2 Å². The van der Waals surface area contributed by atoms with Gasteiger partial charge in [0.25, 0.3) is 11.8 Å². The average Bonchev–Trinajstić information content (AvgIpc) is 3.37. The van der Waals surface area contributed by atoms with Crippen LogP contribution >= 0.6 is 34.4 Å². The third-order valence-electron chi connectivity index (χ3n) is 3.33. The summed E-state index contributed by atoms with van der Waals surface area (Å²) in [5.41, 5.74) is 1.31. The fourth-order valence-corrected chi connectivity index (χ4v) is 3.81. The Kier molecular flexibility index (Phi) is 6.20. The number of carbonyl (C=O) groups excluding carboxylic acids is 4. The van der Waals surface area contributed by atoms with E-state index in [-0.39, 0.29) is 21.1 Å². The molecule has 0 atom stereocenters. The zero-order chi connectivity index (χ0) is 21.0. The fourth-order valence-electron chi connectivity index (χ4n) is 2.00. The minimum absolute atomic E-state index is 0.217. The quantitative estimate of drug-likeness (QED) is 0.466. The number of hydrogen-bond donors (Lipinski definition) is 4. The second-order valence-electron chi connectivity index (χ2n) is 5.39. The second kappa shape index (κ2) is 8.80. The number of anilines is 2. The third kappa shape index (κ3) is 4.95. The Bertz CT molecular complexity index is 1010. The smallest absolute Gasteiger partial charge is 0.305 e.